The van der Waals surface area contributed by atoms with E-state index in [1.807, 2.05) is 19.1 Å². The number of ether oxygens (including phenoxy) is 6. The first-order valence-corrected chi connectivity index (χ1v) is 8.70. The van der Waals surface area contributed by atoms with Crippen LogP contribution in [0.5, 0.6) is 5.75 Å². The Morgan fingerprint density at radius 2 is 1.00 bits per heavy atom. The van der Waals surface area contributed by atoms with E-state index in [9.17, 15) is 0 Å². The summed E-state index contributed by atoms with van der Waals surface area (Å²) in [6.45, 7) is 8.23. The Balaban J connectivity index is 1.74. The molecule has 0 radical (unpaired) electrons. The zero-order valence-electron chi connectivity index (χ0n) is 15.1. The van der Waals surface area contributed by atoms with Crippen LogP contribution in [-0.2, 0) is 23.7 Å². The predicted octanol–water partition coefficient (Wildman–Crippen LogP) is 1.75. The molecule has 0 heterocycles. The van der Waals surface area contributed by atoms with Crippen molar-refractivity contribution in [2.75, 3.05) is 78.4 Å². The molecule has 0 saturated carbocycles. The van der Waals surface area contributed by atoms with Gasteiger partial charge < -0.3 is 34.2 Å². The minimum Gasteiger partial charge on any atom is -0.491 e. The van der Waals surface area contributed by atoms with E-state index in [-0.39, 0.29) is 0 Å². The van der Waals surface area contributed by atoms with Crippen LogP contribution < -0.4 is 10.5 Å². The third kappa shape index (κ3) is 13.6. The molecule has 7 nitrogen and oxygen atoms in total. The average Bonchev–Trinajstić information content (AvgIpc) is 2.63. The Hall–Kier alpha value is -1.38. The topological polar surface area (TPSA) is 81.4 Å². The highest BCUT2D eigenvalue weighted by Crippen LogP contribution is 2.12. The maximum Gasteiger partial charge on any atom is 0.119 e. The van der Waals surface area contributed by atoms with Gasteiger partial charge in [0.15, 0.2) is 0 Å². The van der Waals surface area contributed by atoms with E-state index in [1.54, 1.807) is 12.1 Å². The van der Waals surface area contributed by atoms with Gasteiger partial charge >= 0.3 is 0 Å². The second kappa shape index (κ2) is 16.1. The molecule has 7 heteroatoms. The summed E-state index contributed by atoms with van der Waals surface area (Å²) in [5, 5.41) is 0. The Morgan fingerprint density at radius 3 is 1.44 bits per heavy atom. The van der Waals surface area contributed by atoms with Gasteiger partial charge in [0.2, 0.25) is 0 Å². The fourth-order valence-corrected chi connectivity index (χ4v) is 1.81. The van der Waals surface area contributed by atoms with E-state index in [0.29, 0.717) is 66.1 Å². The molecule has 0 aliphatic rings. The Labute approximate surface area is 150 Å². The van der Waals surface area contributed by atoms with Gasteiger partial charge in [-0.15, -0.1) is 0 Å². The molecule has 0 aromatic heterocycles. The Kier molecular flexibility index (Phi) is 14.0. The van der Waals surface area contributed by atoms with Gasteiger partial charge in [0.25, 0.3) is 0 Å². The van der Waals surface area contributed by atoms with Crippen molar-refractivity contribution in [3.8, 4) is 5.75 Å². The van der Waals surface area contributed by atoms with Crippen LogP contribution in [0.2, 0.25) is 0 Å². The average molecular weight is 357 g/mol. The van der Waals surface area contributed by atoms with Crippen molar-refractivity contribution < 1.29 is 28.4 Å². The summed E-state index contributed by atoms with van der Waals surface area (Å²) in [7, 11) is 0. The molecule has 2 N–H and O–H groups in total. The van der Waals surface area contributed by atoms with Crippen LogP contribution in [0.25, 0.3) is 0 Å². The lowest BCUT2D eigenvalue weighted by Gasteiger charge is -2.08. The molecule has 1 rings (SSSR count). The second-order valence-corrected chi connectivity index (χ2v) is 5.06. The van der Waals surface area contributed by atoms with E-state index in [1.165, 1.54) is 0 Å². The molecule has 25 heavy (non-hydrogen) atoms. The van der Waals surface area contributed by atoms with Gasteiger partial charge in [-0.3, -0.25) is 0 Å². The van der Waals surface area contributed by atoms with Crippen molar-refractivity contribution in [1.29, 1.82) is 0 Å². The third-order valence-electron chi connectivity index (χ3n) is 3.07. The molecule has 0 bridgehead atoms. The molecule has 0 fully saturated rings. The lowest BCUT2D eigenvalue weighted by Crippen LogP contribution is -2.14. The summed E-state index contributed by atoms with van der Waals surface area (Å²) in [4.78, 5) is 0. The molecule has 0 unspecified atom stereocenters. The maximum absolute atomic E-state index is 5.60. The smallest absolute Gasteiger partial charge is 0.119 e. The summed E-state index contributed by atoms with van der Waals surface area (Å²) >= 11 is 0. The van der Waals surface area contributed by atoms with Crippen molar-refractivity contribution >= 4 is 5.69 Å². The van der Waals surface area contributed by atoms with Crippen LogP contribution in [0.15, 0.2) is 24.3 Å². The minimum atomic E-state index is 0.496. The molecular formula is C18H31NO6. The highest BCUT2D eigenvalue weighted by atomic mass is 16.6. The van der Waals surface area contributed by atoms with Gasteiger partial charge in [0.1, 0.15) is 12.4 Å². The number of hydrogen-bond donors (Lipinski definition) is 1. The SMILES string of the molecule is CCOCCOCCOCCOCCOCCOc1ccc(N)cc1. The zero-order valence-corrected chi connectivity index (χ0v) is 15.1. The van der Waals surface area contributed by atoms with Crippen LogP contribution in [0.1, 0.15) is 6.92 Å². The Bertz CT molecular complexity index is 401. The number of rotatable bonds is 17. The van der Waals surface area contributed by atoms with Crippen LogP contribution >= 0.6 is 0 Å². The summed E-state index contributed by atoms with van der Waals surface area (Å²) in [5.41, 5.74) is 6.32. The third-order valence-corrected chi connectivity index (χ3v) is 3.07. The summed E-state index contributed by atoms with van der Waals surface area (Å²) in [6.07, 6.45) is 0. The summed E-state index contributed by atoms with van der Waals surface area (Å²) in [5.74, 6) is 0.785. The van der Waals surface area contributed by atoms with E-state index in [4.69, 9.17) is 34.2 Å². The molecule has 0 saturated heterocycles. The molecule has 1 aromatic carbocycles. The van der Waals surface area contributed by atoms with E-state index < -0.39 is 0 Å². The molecule has 0 amide bonds. The standard InChI is InChI=1S/C18H31NO6/c1-2-20-7-8-21-9-10-22-11-12-23-13-14-24-15-16-25-18-5-3-17(19)4-6-18/h3-6H,2,7-16,19H2,1H3. The number of nitrogen functional groups attached to an aromatic ring is 1. The number of benzene rings is 1. The summed E-state index contributed by atoms with van der Waals surface area (Å²) in [6, 6.07) is 7.28. The number of hydrogen-bond acceptors (Lipinski definition) is 7. The van der Waals surface area contributed by atoms with Crippen molar-refractivity contribution in [3.63, 3.8) is 0 Å². The van der Waals surface area contributed by atoms with Gasteiger partial charge in [-0.25, -0.2) is 0 Å². The van der Waals surface area contributed by atoms with Crippen LogP contribution in [0.3, 0.4) is 0 Å². The van der Waals surface area contributed by atoms with Crippen LogP contribution in [-0.4, -0.2) is 72.7 Å². The predicted molar refractivity (Wildman–Crippen MR) is 96.1 cm³/mol. The number of anilines is 1. The van der Waals surface area contributed by atoms with Crippen molar-refractivity contribution in [2.45, 2.75) is 6.92 Å². The Morgan fingerprint density at radius 1 is 0.600 bits per heavy atom. The molecule has 0 atom stereocenters. The molecule has 0 aliphatic carbocycles. The summed E-state index contributed by atoms with van der Waals surface area (Å²) < 4.78 is 32.2. The first-order chi connectivity index (χ1) is 12.3. The molecule has 0 spiro atoms. The molecule has 0 aliphatic heterocycles. The van der Waals surface area contributed by atoms with Gasteiger partial charge in [-0.2, -0.15) is 0 Å². The van der Waals surface area contributed by atoms with Gasteiger partial charge in [0.05, 0.1) is 59.5 Å². The highest BCUT2D eigenvalue weighted by Gasteiger charge is 1.95. The lowest BCUT2D eigenvalue weighted by molar-refractivity contribution is -0.0119. The second-order valence-electron chi connectivity index (χ2n) is 5.06. The zero-order chi connectivity index (χ0) is 18.0. The molecular weight excluding hydrogens is 326 g/mol. The van der Waals surface area contributed by atoms with Crippen molar-refractivity contribution in [2.24, 2.45) is 0 Å². The fraction of sp³-hybridized carbons (Fsp3) is 0.667. The highest BCUT2D eigenvalue weighted by molar-refractivity contribution is 5.41. The van der Waals surface area contributed by atoms with Gasteiger partial charge in [-0.1, -0.05) is 0 Å². The van der Waals surface area contributed by atoms with E-state index in [0.717, 1.165) is 18.0 Å². The monoisotopic (exact) mass is 357 g/mol. The van der Waals surface area contributed by atoms with Gasteiger partial charge in [-0.05, 0) is 31.2 Å². The minimum absolute atomic E-state index is 0.496. The van der Waals surface area contributed by atoms with E-state index in [2.05, 4.69) is 0 Å². The van der Waals surface area contributed by atoms with Gasteiger partial charge in [0, 0.05) is 12.3 Å². The lowest BCUT2D eigenvalue weighted by atomic mass is 10.3. The molecule has 144 valence electrons. The van der Waals surface area contributed by atoms with Crippen LogP contribution in [0.4, 0.5) is 5.69 Å². The van der Waals surface area contributed by atoms with Crippen molar-refractivity contribution in [3.05, 3.63) is 24.3 Å². The first-order valence-electron chi connectivity index (χ1n) is 8.70. The van der Waals surface area contributed by atoms with Crippen molar-refractivity contribution in [1.82, 2.24) is 0 Å². The first kappa shape index (κ1) is 21.7. The largest absolute Gasteiger partial charge is 0.491 e. The van der Waals surface area contributed by atoms with E-state index >= 15 is 0 Å². The molecule has 1 aromatic rings. The number of nitrogens with two attached hydrogens (primary N) is 1. The van der Waals surface area contributed by atoms with Crippen LogP contribution in [0, 0.1) is 0 Å². The normalized spacial score (nSPS) is 10.9. The maximum atomic E-state index is 5.60. The quantitative estimate of drug-likeness (QED) is 0.336. The fourth-order valence-electron chi connectivity index (χ4n) is 1.81.